The molecule has 0 heterocycles. The van der Waals surface area contributed by atoms with Gasteiger partial charge in [0.2, 0.25) is 15.9 Å². The number of methoxy groups -OCH3 is 1. The molecule has 7 heteroatoms. The van der Waals surface area contributed by atoms with Gasteiger partial charge in [-0.2, -0.15) is 0 Å². The molecule has 0 aromatic heterocycles. The smallest absolute Gasteiger partial charge is 0.246 e. The summed E-state index contributed by atoms with van der Waals surface area (Å²) in [6.07, 6.45) is 1.51. The zero-order chi connectivity index (χ0) is 21.8. The second kappa shape index (κ2) is 9.31. The van der Waals surface area contributed by atoms with Crippen LogP contribution in [0.2, 0.25) is 0 Å². The number of amides is 1. The topological polar surface area (TPSA) is 66.9 Å². The summed E-state index contributed by atoms with van der Waals surface area (Å²) in [4.78, 5) is 14.8. The number of carbonyl (C=O) groups is 1. The van der Waals surface area contributed by atoms with Crippen LogP contribution in [0.25, 0.3) is 0 Å². The number of anilines is 1. The molecule has 0 unspecified atom stereocenters. The Morgan fingerprint density at radius 3 is 2.24 bits per heavy atom. The number of likely N-dealkylation sites (N-methyl/N-ethyl adjacent to an activating group) is 1. The maximum Gasteiger partial charge on any atom is 0.246 e. The lowest BCUT2D eigenvalue weighted by Gasteiger charge is -2.34. The van der Waals surface area contributed by atoms with E-state index in [9.17, 15) is 13.2 Å². The summed E-state index contributed by atoms with van der Waals surface area (Å²) in [6.45, 7) is 5.96. The minimum absolute atomic E-state index is 0.241. The van der Waals surface area contributed by atoms with Crippen molar-refractivity contribution < 1.29 is 17.9 Å². The lowest BCUT2D eigenvalue weighted by molar-refractivity contribution is -0.131. The summed E-state index contributed by atoms with van der Waals surface area (Å²) in [5.74, 6) is 0.502. The number of benzene rings is 2. The monoisotopic (exact) mass is 418 g/mol. The molecule has 0 bridgehead atoms. The Kier molecular flexibility index (Phi) is 7.30. The van der Waals surface area contributed by atoms with E-state index in [1.165, 1.54) is 4.31 Å². The van der Waals surface area contributed by atoms with E-state index >= 15 is 0 Å². The van der Waals surface area contributed by atoms with Gasteiger partial charge in [-0.1, -0.05) is 31.2 Å². The van der Waals surface area contributed by atoms with E-state index in [4.69, 9.17) is 4.74 Å². The van der Waals surface area contributed by atoms with Crippen molar-refractivity contribution in [2.75, 3.05) is 24.7 Å². The molecule has 0 saturated heterocycles. The van der Waals surface area contributed by atoms with Gasteiger partial charge < -0.3 is 9.64 Å². The predicted molar refractivity (Wildman–Crippen MR) is 117 cm³/mol. The van der Waals surface area contributed by atoms with Gasteiger partial charge in [0.1, 0.15) is 11.8 Å². The Bertz CT molecular complexity index is 955. The molecule has 0 N–H and O–H groups in total. The van der Waals surface area contributed by atoms with Crippen molar-refractivity contribution >= 4 is 21.6 Å². The normalized spacial score (nSPS) is 12.3. The predicted octanol–water partition coefficient (Wildman–Crippen LogP) is 3.52. The SMILES string of the molecule is CC[C@@H](C(=O)N(C)Cc1ccc(OC)cc1)N(c1cc(C)ccc1C)S(C)(=O)=O. The molecule has 1 amide bonds. The van der Waals surface area contributed by atoms with Crippen molar-refractivity contribution in [2.24, 2.45) is 0 Å². The van der Waals surface area contributed by atoms with Crippen molar-refractivity contribution in [3.8, 4) is 5.75 Å². The van der Waals surface area contributed by atoms with Gasteiger partial charge in [-0.05, 0) is 55.2 Å². The maximum absolute atomic E-state index is 13.3. The number of rotatable bonds is 8. The van der Waals surface area contributed by atoms with Crippen LogP contribution in [0.1, 0.15) is 30.0 Å². The van der Waals surface area contributed by atoms with Gasteiger partial charge in [0.15, 0.2) is 0 Å². The average Bonchev–Trinajstić information content (AvgIpc) is 2.67. The molecule has 0 aliphatic carbocycles. The molecule has 0 fully saturated rings. The third kappa shape index (κ3) is 5.50. The first-order valence-electron chi connectivity index (χ1n) is 9.53. The molecule has 29 heavy (non-hydrogen) atoms. The summed E-state index contributed by atoms with van der Waals surface area (Å²) in [7, 11) is -0.366. The molecule has 0 saturated carbocycles. The van der Waals surface area contributed by atoms with Gasteiger partial charge in [0.25, 0.3) is 0 Å². The van der Waals surface area contributed by atoms with Crippen molar-refractivity contribution in [3.05, 3.63) is 59.2 Å². The van der Waals surface area contributed by atoms with Gasteiger partial charge >= 0.3 is 0 Å². The van der Waals surface area contributed by atoms with E-state index in [1.807, 2.05) is 63.2 Å². The van der Waals surface area contributed by atoms with Crippen molar-refractivity contribution in [3.63, 3.8) is 0 Å². The zero-order valence-corrected chi connectivity index (χ0v) is 18.8. The van der Waals surface area contributed by atoms with E-state index in [0.29, 0.717) is 18.7 Å². The van der Waals surface area contributed by atoms with E-state index in [-0.39, 0.29) is 5.91 Å². The molecule has 0 spiro atoms. The van der Waals surface area contributed by atoms with Crippen molar-refractivity contribution in [1.29, 1.82) is 0 Å². The number of hydrogen-bond acceptors (Lipinski definition) is 4. The van der Waals surface area contributed by atoms with Crippen molar-refractivity contribution in [1.82, 2.24) is 4.90 Å². The van der Waals surface area contributed by atoms with Gasteiger partial charge in [0.05, 0.1) is 19.1 Å². The van der Waals surface area contributed by atoms with Crippen LogP contribution < -0.4 is 9.04 Å². The first kappa shape index (κ1) is 22.7. The summed E-state index contributed by atoms with van der Waals surface area (Å²) in [5.41, 5.74) is 3.23. The van der Waals surface area contributed by atoms with E-state index in [2.05, 4.69) is 0 Å². The molecule has 2 rings (SSSR count). The van der Waals surface area contributed by atoms with Crippen LogP contribution in [0.4, 0.5) is 5.69 Å². The van der Waals surface area contributed by atoms with Crippen LogP contribution in [0.3, 0.4) is 0 Å². The highest BCUT2D eigenvalue weighted by atomic mass is 32.2. The number of sulfonamides is 1. The third-order valence-electron chi connectivity index (χ3n) is 4.87. The molecule has 0 radical (unpaired) electrons. The van der Waals surface area contributed by atoms with Gasteiger partial charge in [-0.15, -0.1) is 0 Å². The number of ether oxygens (including phenoxy) is 1. The quantitative estimate of drug-likeness (QED) is 0.658. The number of hydrogen-bond donors (Lipinski definition) is 0. The highest BCUT2D eigenvalue weighted by Gasteiger charge is 2.34. The molecular formula is C22H30N2O4S. The fourth-order valence-electron chi connectivity index (χ4n) is 3.31. The molecule has 1 atom stereocenters. The Labute approximate surface area is 174 Å². The van der Waals surface area contributed by atoms with Crippen LogP contribution in [-0.4, -0.2) is 45.7 Å². The number of carbonyl (C=O) groups excluding carboxylic acids is 1. The van der Waals surface area contributed by atoms with Crippen molar-refractivity contribution in [2.45, 2.75) is 39.8 Å². The lowest BCUT2D eigenvalue weighted by Crippen LogP contribution is -2.49. The Morgan fingerprint density at radius 2 is 1.72 bits per heavy atom. The minimum atomic E-state index is -3.66. The van der Waals surface area contributed by atoms with Gasteiger partial charge in [-0.25, -0.2) is 8.42 Å². The fourth-order valence-corrected chi connectivity index (χ4v) is 4.57. The van der Waals surface area contributed by atoms with Crippen LogP contribution in [0.15, 0.2) is 42.5 Å². The molecule has 6 nitrogen and oxygen atoms in total. The molecule has 2 aromatic rings. The van der Waals surface area contributed by atoms with Gasteiger partial charge in [0, 0.05) is 13.6 Å². The lowest BCUT2D eigenvalue weighted by atomic mass is 10.1. The third-order valence-corrected chi connectivity index (χ3v) is 6.04. The van der Waals surface area contributed by atoms with E-state index < -0.39 is 16.1 Å². The van der Waals surface area contributed by atoms with Crippen LogP contribution in [0, 0.1) is 13.8 Å². The molecular weight excluding hydrogens is 388 g/mol. The standard InChI is InChI=1S/C22H30N2O4S/c1-7-20(22(25)23(4)15-18-10-12-19(28-5)13-11-18)24(29(6,26)27)21-14-16(2)8-9-17(21)3/h8-14,20H,7,15H2,1-6H3/t20-/m0/s1. The highest BCUT2D eigenvalue weighted by molar-refractivity contribution is 7.92. The second-order valence-electron chi connectivity index (χ2n) is 7.32. The van der Waals surface area contributed by atoms with Crippen LogP contribution in [0.5, 0.6) is 5.75 Å². The number of nitrogens with zero attached hydrogens (tertiary/aromatic N) is 2. The van der Waals surface area contributed by atoms with E-state index in [1.54, 1.807) is 19.1 Å². The fraction of sp³-hybridized carbons (Fsp3) is 0.409. The maximum atomic E-state index is 13.3. The van der Waals surface area contributed by atoms with E-state index in [0.717, 1.165) is 28.7 Å². The Morgan fingerprint density at radius 1 is 1.10 bits per heavy atom. The first-order valence-corrected chi connectivity index (χ1v) is 11.4. The summed E-state index contributed by atoms with van der Waals surface area (Å²) >= 11 is 0. The zero-order valence-electron chi connectivity index (χ0n) is 18.0. The Hall–Kier alpha value is -2.54. The Balaban J connectivity index is 2.35. The molecule has 0 aliphatic heterocycles. The average molecular weight is 419 g/mol. The minimum Gasteiger partial charge on any atom is -0.497 e. The molecule has 158 valence electrons. The summed E-state index contributed by atoms with van der Waals surface area (Å²) in [5, 5.41) is 0. The summed E-state index contributed by atoms with van der Waals surface area (Å²) in [6, 6.07) is 12.3. The number of aryl methyl sites for hydroxylation is 2. The summed E-state index contributed by atoms with van der Waals surface area (Å²) < 4.78 is 31.8. The second-order valence-corrected chi connectivity index (χ2v) is 9.17. The highest BCUT2D eigenvalue weighted by Crippen LogP contribution is 2.28. The molecule has 2 aromatic carbocycles. The first-order chi connectivity index (χ1) is 13.6. The molecule has 0 aliphatic rings. The van der Waals surface area contributed by atoms with Crippen LogP contribution >= 0.6 is 0 Å². The largest absolute Gasteiger partial charge is 0.497 e. The van der Waals surface area contributed by atoms with Gasteiger partial charge in [-0.3, -0.25) is 9.10 Å². The van der Waals surface area contributed by atoms with Crippen LogP contribution in [-0.2, 0) is 21.4 Å².